The molecular weight excluding hydrogens is 340 g/mol. The van der Waals surface area contributed by atoms with Crippen LogP contribution in [0.4, 0.5) is 0 Å². The Balaban J connectivity index is 1.76. The highest BCUT2D eigenvalue weighted by Crippen LogP contribution is 2.36. The average molecular weight is 367 g/mol. The van der Waals surface area contributed by atoms with Crippen molar-refractivity contribution in [1.82, 2.24) is 9.47 Å². The van der Waals surface area contributed by atoms with Crippen LogP contribution in [0.5, 0.6) is 0 Å². The van der Waals surface area contributed by atoms with Gasteiger partial charge in [-0.1, -0.05) is 60.5 Å². The molecule has 26 heavy (non-hydrogen) atoms. The first-order chi connectivity index (χ1) is 12.6. The van der Waals surface area contributed by atoms with Crippen LogP contribution in [0.3, 0.4) is 0 Å². The summed E-state index contributed by atoms with van der Waals surface area (Å²) in [4.78, 5) is 2.56. The molecule has 0 saturated carbocycles. The maximum atomic E-state index is 6.66. The number of nitrogens with zero attached hydrogens (tertiary/aromatic N) is 2. The molecule has 0 bridgehead atoms. The van der Waals surface area contributed by atoms with Crippen LogP contribution in [0.2, 0.25) is 5.02 Å². The van der Waals surface area contributed by atoms with Crippen molar-refractivity contribution in [3.05, 3.63) is 69.9 Å². The van der Waals surface area contributed by atoms with E-state index in [4.69, 9.17) is 11.6 Å². The molecule has 1 aliphatic rings. The minimum atomic E-state index is 0.578. The number of aryl methyl sites for hydroxylation is 3. The monoisotopic (exact) mass is 366 g/mol. The number of aromatic nitrogens is 1. The van der Waals surface area contributed by atoms with Gasteiger partial charge in [0.25, 0.3) is 0 Å². The minimum absolute atomic E-state index is 0.578. The van der Waals surface area contributed by atoms with Gasteiger partial charge in [-0.15, -0.1) is 0 Å². The Morgan fingerprint density at radius 1 is 1.12 bits per heavy atom. The minimum Gasteiger partial charge on any atom is -0.343 e. The Kier molecular flexibility index (Phi) is 4.81. The van der Waals surface area contributed by atoms with Gasteiger partial charge >= 0.3 is 0 Å². The second kappa shape index (κ2) is 7.09. The predicted octanol–water partition coefficient (Wildman–Crippen LogP) is 5.61. The maximum Gasteiger partial charge on any atom is 0.0675 e. The highest BCUT2D eigenvalue weighted by Gasteiger charge is 2.28. The molecule has 4 rings (SSSR count). The summed E-state index contributed by atoms with van der Waals surface area (Å²) in [6.07, 6.45) is 2.13. The second-order valence-electron chi connectivity index (χ2n) is 7.56. The summed E-state index contributed by atoms with van der Waals surface area (Å²) in [6.45, 7) is 9.84. The standard InChI is InChI=1S/C23H27ClN2/c1-4-25-15-20-19-6-5-7-21(24)23(19)26(22(20)14-17(25)3)13-12-18-10-8-16(2)9-11-18/h5-11,17H,4,12-15H2,1-3H3. The average Bonchev–Trinajstić information content (AvgIpc) is 2.94. The number of fused-ring (bicyclic) bond motifs is 3. The van der Waals surface area contributed by atoms with Gasteiger partial charge in [0.15, 0.2) is 0 Å². The molecule has 1 atom stereocenters. The Bertz CT molecular complexity index is 924. The SMILES string of the molecule is CCN1Cc2c(n(CCc3ccc(C)cc3)c3c(Cl)cccc23)CC1C. The van der Waals surface area contributed by atoms with Gasteiger partial charge < -0.3 is 4.57 Å². The van der Waals surface area contributed by atoms with E-state index < -0.39 is 0 Å². The molecule has 3 aromatic rings. The summed E-state index contributed by atoms with van der Waals surface area (Å²) in [5.74, 6) is 0. The van der Waals surface area contributed by atoms with Gasteiger partial charge in [-0.25, -0.2) is 0 Å². The second-order valence-corrected chi connectivity index (χ2v) is 7.97. The van der Waals surface area contributed by atoms with Gasteiger partial charge in [0.2, 0.25) is 0 Å². The lowest BCUT2D eigenvalue weighted by molar-refractivity contribution is 0.192. The Morgan fingerprint density at radius 2 is 1.88 bits per heavy atom. The third-order valence-electron chi connectivity index (χ3n) is 5.88. The van der Waals surface area contributed by atoms with Gasteiger partial charge in [-0.05, 0) is 44.0 Å². The predicted molar refractivity (Wildman–Crippen MR) is 111 cm³/mol. The summed E-state index contributed by atoms with van der Waals surface area (Å²) in [5.41, 5.74) is 6.88. The fourth-order valence-electron chi connectivity index (χ4n) is 4.33. The van der Waals surface area contributed by atoms with E-state index in [0.29, 0.717) is 6.04 Å². The van der Waals surface area contributed by atoms with Crippen molar-refractivity contribution >= 4 is 22.5 Å². The first-order valence-electron chi connectivity index (χ1n) is 9.66. The van der Waals surface area contributed by atoms with Crippen LogP contribution in [0.25, 0.3) is 10.9 Å². The van der Waals surface area contributed by atoms with Gasteiger partial charge in [0.05, 0.1) is 10.5 Å². The van der Waals surface area contributed by atoms with E-state index in [1.54, 1.807) is 0 Å². The largest absolute Gasteiger partial charge is 0.343 e. The van der Waals surface area contributed by atoms with Crippen LogP contribution in [-0.2, 0) is 25.9 Å². The van der Waals surface area contributed by atoms with Crippen molar-refractivity contribution in [2.75, 3.05) is 6.54 Å². The highest BCUT2D eigenvalue weighted by atomic mass is 35.5. The number of hydrogen-bond acceptors (Lipinski definition) is 1. The molecule has 136 valence electrons. The summed E-state index contributed by atoms with van der Waals surface area (Å²) in [7, 11) is 0. The highest BCUT2D eigenvalue weighted by molar-refractivity contribution is 6.35. The van der Waals surface area contributed by atoms with Crippen LogP contribution < -0.4 is 0 Å². The first kappa shape index (κ1) is 17.6. The van der Waals surface area contributed by atoms with E-state index in [-0.39, 0.29) is 0 Å². The van der Waals surface area contributed by atoms with Gasteiger partial charge in [-0.3, -0.25) is 4.90 Å². The molecule has 0 radical (unpaired) electrons. The third kappa shape index (κ3) is 3.06. The molecular formula is C23H27ClN2. The Hall–Kier alpha value is -1.77. The molecule has 0 spiro atoms. The van der Waals surface area contributed by atoms with Crippen molar-refractivity contribution in [3.63, 3.8) is 0 Å². The van der Waals surface area contributed by atoms with Crippen molar-refractivity contribution in [2.45, 2.75) is 52.7 Å². The molecule has 1 unspecified atom stereocenters. The Morgan fingerprint density at radius 3 is 2.62 bits per heavy atom. The van der Waals surface area contributed by atoms with Crippen LogP contribution in [0, 0.1) is 6.92 Å². The number of likely N-dealkylation sites (N-methyl/N-ethyl adjacent to an activating group) is 1. The topological polar surface area (TPSA) is 8.17 Å². The molecule has 0 aliphatic carbocycles. The van der Waals surface area contributed by atoms with Gasteiger partial charge in [0.1, 0.15) is 0 Å². The molecule has 1 aliphatic heterocycles. The van der Waals surface area contributed by atoms with Crippen molar-refractivity contribution < 1.29 is 0 Å². The van der Waals surface area contributed by atoms with Crippen LogP contribution >= 0.6 is 11.6 Å². The molecule has 3 heteroatoms. The van der Waals surface area contributed by atoms with Gasteiger partial charge in [-0.2, -0.15) is 0 Å². The molecule has 2 heterocycles. The van der Waals surface area contributed by atoms with Crippen LogP contribution in [-0.4, -0.2) is 22.1 Å². The zero-order valence-corrected chi connectivity index (χ0v) is 16.7. The van der Waals surface area contributed by atoms with E-state index in [0.717, 1.165) is 37.5 Å². The molecule has 2 aromatic carbocycles. The van der Waals surface area contributed by atoms with Gasteiger partial charge in [0, 0.05) is 36.6 Å². The Labute approximate surface area is 161 Å². The molecule has 0 amide bonds. The lowest BCUT2D eigenvalue weighted by Gasteiger charge is -2.33. The van der Waals surface area contributed by atoms with Crippen LogP contribution in [0.15, 0.2) is 42.5 Å². The van der Waals surface area contributed by atoms with E-state index in [2.05, 4.69) is 66.6 Å². The summed E-state index contributed by atoms with van der Waals surface area (Å²) < 4.78 is 2.50. The third-order valence-corrected chi connectivity index (χ3v) is 6.19. The fourth-order valence-corrected chi connectivity index (χ4v) is 4.61. The van der Waals surface area contributed by atoms with E-state index in [9.17, 15) is 0 Å². The number of para-hydroxylation sites is 1. The number of benzene rings is 2. The lowest BCUT2D eigenvalue weighted by atomic mass is 9.99. The fraction of sp³-hybridized carbons (Fsp3) is 0.391. The van der Waals surface area contributed by atoms with E-state index >= 15 is 0 Å². The molecule has 2 nitrogen and oxygen atoms in total. The first-order valence-corrected chi connectivity index (χ1v) is 10.0. The summed E-state index contributed by atoms with van der Waals surface area (Å²) in [5, 5.41) is 2.21. The lowest BCUT2D eigenvalue weighted by Crippen LogP contribution is -2.38. The van der Waals surface area contributed by atoms with E-state index in [1.807, 2.05) is 6.07 Å². The summed E-state index contributed by atoms with van der Waals surface area (Å²) in [6, 6.07) is 15.8. The normalized spacial score (nSPS) is 17.6. The van der Waals surface area contributed by atoms with Crippen molar-refractivity contribution in [2.24, 2.45) is 0 Å². The zero-order valence-electron chi connectivity index (χ0n) is 15.9. The maximum absolute atomic E-state index is 6.66. The summed E-state index contributed by atoms with van der Waals surface area (Å²) >= 11 is 6.66. The quantitative estimate of drug-likeness (QED) is 0.582. The van der Waals surface area contributed by atoms with Crippen molar-refractivity contribution in [3.8, 4) is 0 Å². The number of halogens is 1. The zero-order chi connectivity index (χ0) is 18.3. The molecule has 0 saturated heterocycles. The molecule has 1 aromatic heterocycles. The smallest absolute Gasteiger partial charge is 0.0675 e. The number of hydrogen-bond donors (Lipinski definition) is 0. The van der Waals surface area contributed by atoms with Crippen LogP contribution in [0.1, 0.15) is 36.2 Å². The molecule has 0 fully saturated rings. The number of rotatable bonds is 4. The van der Waals surface area contributed by atoms with E-state index in [1.165, 1.54) is 33.3 Å². The molecule has 0 N–H and O–H groups in total. The van der Waals surface area contributed by atoms with Crippen molar-refractivity contribution in [1.29, 1.82) is 0 Å².